The molecule has 2 rings (SSSR count). The van der Waals surface area contributed by atoms with Crippen molar-refractivity contribution in [3.8, 4) is 0 Å². The standard InChI is InChI=1S/C13H13ClO2/c14-12-7-5-10(6-8-12)9-1-3-11(4-2-9)13(15)16/h1,5-8,11H,2-4H2,(H,15,16)/t11-/m1/s1. The van der Waals surface area contributed by atoms with E-state index in [1.807, 2.05) is 30.3 Å². The molecule has 1 atom stereocenters. The van der Waals surface area contributed by atoms with Gasteiger partial charge in [-0.1, -0.05) is 29.8 Å². The van der Waals surface area contributed by atoms with Gasteiger partial charge in [-0.2, -0.15) is 0 Å². The van der Waals surface area contributed by atoms with Crippen molar-refractivity contribution in [2.75, 3.05) is 0 Å². The summed E-state index contributed by atoms with van der Waals surface area (Å²) in [4.78, 5) is 10.8. The first-order valence-corrected chi connectivity index (χ1v) is 5.72. The SMILES string of the molecule is O=C(O)[C@@H]1CC=C(c2ccc(Cl)cc2)CC1. The average molecular weight is 237 g/mol. The number of hydrogen-bond acceptors (Lipinski definition) is 1. The van der Waals surface area contributed by atoms with E-state index in [9.17, 15) is 4.79 Å². The topological polar surface area (TPSA) is 37.3 Å². The maximum Gasteiger partial charge on any atom is 0.306 e. The second kappa shape index (κ2) is 4.71. The molecule has 1 aromatic carbocycles. The molecular weight excluding hydrogens is 224 g/mol. The predicted molar refractivity (Wildman–Crippen MR) is 64.4 cm³/mol. The Morgan fingerprint density at radius 3 is 2.50 bits per heavy atom. The molecule has 0 aromatic heterocycles. The van der Waals surface area contributed by atoms with Gasteiger partial charge >= 0.3 is 5.97 Å². The molecule has 0 bridgehead atoms. The minimum atomic E-state index is -0.689. The van der Waals surface area contributed by atoms with Crippen LogP contribution in [0.1, 0.15) is 24.8 Å². The van der Waals surface area contributed by atoms with E-state index < -0.39 is 5.97 Å². The Balaban J connectivity index is 2.13. The highest BCUT2D eigenvalue weighted by Crippen LogP contribution is 2.30. The van der Waals surface area contributed by atoms with Gasteiger partial charge in [0.2, 0.25) is 0 Å². The molecular formula is C13H13ClO2. The molecule has 0 unspecified atom stereocenters. The van der Waals surface area contributed by atoms with Crippen molar-refractivity contribution in [1.82, 2.24) is 0 Å². The first kappa shape index (κ1) is 11.2. The van der Waals surface area contributed by atoms with E-state index in [-0.39, 0.29) is 5.92 Å². The van der Waals surface area contributed by atoms with Crippen molar-refractivity contribution in [3.05, 3.63) is 40.9 Å². The zero-order chi connectivity index (χ0) is 11.5. The van der Waals surface area contributed by atoms with Crippen LogP contribution in [-0.2, 0) is 4.79 Å². The maximum absolute atomic E-state index is 10.8. The Bertz CT molecular complexity index is 420. The lowest BCUT2D eigenvalue weighted by molar-refractivity contribution is -0.141. The highest BCUT2D eigenvalue weighted by atomic mass is 35.5. The predicted octanol–water partition coefficient (Wildman–Crippen LogP) is 3.61. The third-order valence-corrected chi connectivity index (χ3v) is 3.23. The molecule has 0 saturated carbocycles. The van der Waals surface area contributed by atoms with Gasteiger partial charge in [0.25, 0.3) is 0 Å². The van der Waals surface area contributed by atoms with Crippen LogP contribution in [0.3, 0.4) is 0 Å². The van der Waals surface area contributed by atoms with Crippen LogP contribution in [0, 0.1) is 5.92 Å². The van der Waals surface area contributed by atoms with Crippen molar-refractivity contribution in [2.45, 2.75) is 19.3 Å². The molecule has 0 saturated heterocycles. The Hall–Kier alpha value is -1.28. The molecule has 1 N–H and O–H groups in total. The van der Waals surface area contributed by atoms with E-state index in [0.717, 1.165) is 23.4 Å². The average Bonchev–Trinajstić information content (AvgIpc) is 2.30. The summed E-state index contributed by atoms with van der Waals surface area (Å²) < 4.78 is 0. The zero-order valence-corrected chi connectivity index (χ0v) is 9.57. The quantitative estimate of drug-likeness (QED) is 0.852. The van der Waals surface area contributed by atoms with Crippen LogP contribution in [0.25, 0.3) is 5.57 Å². The van der Waals surface area contributed by atoms with Crippen LogP contribution >= 0.6 is 11.6 Å². The van der Waals surface area contributed by atoms with Crippen LogP contribution in [0.4, 0.5) is 0 Å². The lowest BCUT2D eigenvalue weighted by atomic mass is 9.87. The lowest BCUT2D eigenvalue weighted by Crippen LogP contribution is -2.15. The van der Waals surface area contributed by atoms with E-state index in [1.165, 1.54) is 5.57 Å². The summed E-state index contributed by atoms with van der Waals surface area (Å²) in [6, 6.07) is 7.69. The number of aliphatic carboxylic acids is 1. The second-order valence-electron chi connectivity index (χ2n) is 4.05. The van der Waals surface area contributed by atoms with Gasteiger partial charge in [-0.3, -0.25) is 4.79 Å². The van der Waals surface area contributed by atoms with E-state index in [1.54, 1.807) is 0 Å². The fourth-order valence-corrected chi connectivity index (χ4v) is 2.11. The lowest BCUT2D eigenvalue weighted by Gasteiger charge is -2.18. The molecule has 0 fully saturated rings. The van der Waals surface area contributed by atoms with E-state index in [0.29, 0.717) is 6.42 Å². The number of rotatable bonds is 2. The molecule has 0 radical (unpaired) electrons. The molecule has 0 aliphatic heterocycles. The molecule has 84 valence electrons. The number of carboxylic acids is 1. The number of benzene rings is 1. The van der Waals surface area contributed by atoms with Gasteiger partial charge in [-0.05, 0) is 42.5 Å². The van der Waals surface area contributed by atoms with Crippen LogP contribution in [0.5, 0.6) is 0 Å². The summed E-state index contributed by atoms with van der Waals surface area (Å²) in [6.45, 7) is 0. The molecule has 0 heterocycles. The molecule has 0 amide bonds. The number of hydrogen-bond donors (Lipinski definition) is 1. The van der Waals surface area contributed by atoms with Gasteiger partial charge in [-0.25, -0.2) is 0 Å². The molecule has 1 aromatic rings. The van der Waals surface area contributed by atoms with Crippen LogP contribution in [-0.4, -0.2) is 11.1 Å². The third-order valence-electron chi connectivity index (χ3n) is 2.98. The van der Waals surface area contributed by atoms with Gasteiger partial charge in [0, 0.05) is 5.02 Å². The first-order chi connectivity index (χ1) is 7.66. The van der Waals surface area contributed by atoms with E-state index >= 15 is 0 Å². The van der Waals surface area contributed by atoms with Crippen molar-refractivity contribution in [2.24, 2.45) is 5.92 Å². The van der Waals surface area contributed by atoms with Gasteiger partial charge < -0.3 is 5.11 Å². The van der Waals surface area contributed by atoms with Crippen molar-refractivity contribution >= 4 is 23.1 Å². The summed E-state index contributed by atoms with van der Waals surface area (Å²) in [5, 5.41) is 9.61. The number of halogens is 1. The second-order valence-corrected chi connectivity index (χ2v) is 4.48. The van der Waals surface area contributed by atoms with Gasteiger partial charge in [0.1, 0.15) is 0 Å². The Morgan fingerprint density at radius 2 is 2.00 bits per heavy atom. The van der Waals surface area contributed by atoms with Gasteiger partial charge in [0.15, 0.2) is 0 Å². The van der Waals surface area contributed by atoms with Crippen molar-refractivity contribution in [1.29, 1.82) is 0 Å². The smallest absolute Gasteiger partial charge is 0.306 e. The zero-order valence-electron chi connectivity index (χ0n) is 8.82. The maximum atomic E-state index is 10.8. The minimum Gasteiger partial charge on any atom is -0.481 e. The normalized spacial score (nSPS) is 20.3. The fraction of sp³-hybridized carbons (Fsp3) is 0.308. The highest BCUT2D eigenvalue weighted by Gasteiger charge is 2.20. The highest BCUT2D eigenvalue weighted by molar-refractivity contribution is 6.30. The molecule has 1 aliphatic carbocycles. The van der Waals surface area contributed by atoms with Crippen molar-refractivity contribution in [3.63, 3.8) is 0 Å². The van der Waals surface area contributed by atoms with Crippen LogP contribution in [0.15, 0.2) is 30.3 Å². The molecule has 16 heavy (non-hydrogen) atoms. The van der Waals surface area contributed by atoms with Crippen LogP contribution < -0.4 is 0 Å². The summed E-state index contributed by atoms with van der Waals surface area (Å²) in [5.74, 6) is -0.901. The van der Waals surface area contributed by atoms with E-state index in [2.05, 4.69) is 0 Å². The Morgan fingerprint density at radius 1 is 1.31 bits per heavy atom. The third kappa shape index (κ3) is 2.45. The van der Waals surface area contributed by atoms with E-state index in [4.69, 9.17) is 16.7 Å². The summed E-state index contributed by atoms with van der Waals surface area (Å²) in [5.41, 5.74) is 2.38. The monoisotopic (exact) mass is 236 g/mol. The molecule has 0 spiro atoms. The molecule has 3 heteroatoms. The minimum absolute atomic E-state index is 0.212. The summed E-state index contributed by atoms with van der Waals surface area (Å²) in [7, 11) is 0. The summed E-state index contributed by atoms with van der Waals surface area (Å²) >= 11 is 5.82. The summed E-state index contributed by atoms with van der Waals surface area (Å²) in [6.07, 6.45) is 4.22. The van der Waals surface area contributed by atoms with Crippen molar-refractivity contribution < 1.29 is 9.90 Å². The first-order valence-electron chi connectivity index (χ1n) is 5.34. The molecule has 1 aliphatic rings. The number of carbonyl (C=O) groups is 1. The van der Waals surface area contributed by atoms with Crippen LogP contribution in [0.2, 0.25) is 5.02 Å². The number of carboxylic acid groups (broad SMARTS) is 1. The largest absolute Gasteiger partial charge is 0.481 e. The van der Waals surface area contributed by atoms with Gasteiger partial charge in [-0.15, -0.1) is 0 Å². The Kier molecular flexibility index (Phi) is 3.30. The van der Waals surface area contributed by atoms with Gasteiger partial charge in [0.05, 0.1) is 5.92 Å². The number of allylic oxidation sites excluding steroid dienone is 2. The molecule has 2 nitrogen and oxygen atoms in total. The fourth-order valence-electron chi connectivity index (χ4n) is 1.98. The Labute approximate surface area is 99.5 Å².